The Bertz CT molecular complexity index is 1010. The Labute approximate surface area is 158 Å². The van der Waals surface area contributed by atoms with Gasteiger partial charge in [-0.25, -0.2) is 4.21 Å². The molecule has 1 aliphatic carbocycles. The molecule has 146 valence electrons. The minimum absolute atomic E-state index is 0.153. The first-order chi connectivity index (χ1) is 12.7. The number of hydrogen-bond acceptors (Lipinski definition) is 7. The zero-order valence-corrected chi connectivity index (χ0v) is 16.8. The molecule has 2 aliphatic rings. The molecule has 1 atom stereocenters. The van der Waals surface area contributed by atoms with E-state index in [0.717, 1.165) is 18.5 Å². The third-order valence-electron chi connectivity index (χ3n) is 5.21. The van der Waals surface area contributed by atoms with Gasteiger partial charge in [-0.15, -0.1) is 5.10 Å². The second kappa shape index (κ2) is 6.15. The summed E-state index contributed by atoms with van der Waals surface area (Å²) in [5.74, 6) is 0.461. The SMILES string of the molecule is CC(C)c1nnc(N2CCn3ncc(S(C)(=O)=NC(=O)C4(C)CC4)c3C2)o1. The van der Waals surface area contributed by atoms with E-state index >= 15 is 0 Å². The monoisotopic (exact) mass is 392 g/mol. The molecule has 1 fully saturated rings. The van der Waals surface area contributed by atoms with Crippen LogP contribution in [0.3, 0.4) is 0 Å². The molecule has 0 spiro atoms. The van der Waals surface area contributed by atoms with E-state index in [1.807, 2.05) is 30.4 Å². The molecular weight excluding hydrogens is 368 g/mol. The number of nitrogens with zero attached hydrogens (tertiary/aromatic N) is 6. The average Bonchev–Trinajstić information content (AvgIpc) is 3.04. The molecule has 4 rings (SSSR count). The van der Waals surface area contributed by atoms with Crippen molar-refractivity contribution < 1.29 is 13.4 Å². The topological polar surface area (TPSA) is 106 Å². The number of carbonyl (C=O) groups excluding carboxylic acids is 1. The van der Waals surface area contributed by atoms with Crippen LogP contribution in [0.4, 0.5) is 6.01 Å². The molecule has 0 aromatic carbocycles. The third-order valence-corrected chi connectivity index (χ3v) is 6.88. The molecule has 0 bridgehead atoms. The number of hydrogen-bond donors (Lipinski definition) is 0. The van der Waals surface area contributed by atoms with Crippen molar-refractivity contribution in [1.82, 2.24) is 20.0 Å². The lowest BCUT2D eigenvalue weighted by Crippen LogP contribution is -2.34. The van der Waals surface area contributed by atoms with Gasteiger partial charge in [-0.05, 0) is 12.8 Å². The summed E-state index contributed by atoms with van der Waals surface area (Å²) in [7, 11) is -2.87. The smallest absolute Gasteiger partial charge is 0.318 e. The van der Waals surface area contributed by atoms with Crippen molar-refractivity contribution in [3.63, 3.8) is 0 Å². The van der Waals surface area contributed by atoms with Gasteiger partial charge in [0, 0.05) is 24.1 Å². The molecule has 10 heteroatoms. The van der Waals surface area contributed by atoms with Gasteiger partial charge >= 0.3 is 6.01 Å². The summed E-state index contributed by atoms with van der Waals surface area (Å²) in [5, 5.41) is 12.6. The molecule has 2 aromatic rings. The van der Waals surface area contributed by atoms with Crippen molar-refractivity contribution >= 4 is 21.7 Å². The first-order valence-corrected chi connectivity index (χ1v) is 11.0. The van der Waals surface area contributed by atoms with Crippen LogP contribution in [0.2, 0.25) is 0 Å². The molecule has 3 heterocycles. The summed E-state index contributed by atoms with van der Waals surface area (Å²) in [6.07, 6.45) is 4.69. The number of amides is 1. The molecule has 1 unspecified atom stereocenters. The van der Waals surface area contributed by atoms with Gasteiger partial charge in [0.2, 0.25) is 5.89 Å². The van der Waals surface area contributed by atoms with Crippen LogP contribution in [0.5, 0.6) is 0 Å². The average molecular weight is 392 g/mol. The lowest BCUT2D eigenvalue weighted by molar-refractivity contribution is -0.122. The maximum absolute atomic E-state index is 13.2. The Hall–Kier alpha value is -2.23. The van der Waals surface area contributed by atoms with Gasteiger partial charge in [0.05, 0.1) is 39.6 Å². The van der Waals surface area contributed by atoms with Crippen LogP contribution in [0, 0.1) is 5.41 Å². The number of fused-ring (bicyclic) bond motifs is 1. The highest BCUT2D eigenvalue weighted by Gasteiger charge is 2.45. The fourth-order valence-electron chi connectivity index (χ4n) is 3.01. The van der Waals surface area contributed by atoms with Crippen molar-refractivity contribution in [2.24, 2.45) is 9.78 Å². The zero-order valence-electron chi connectivity index (χ0n) is 16.0. The number of aromatic nitrogens is 4. The fourth-order valence-corrected chi connectivity index (χ4v) is 4.49. The summed E-state index contributed by atoms with van der Waals surface area (Å²) in [5.41, 5.74) is 0.338. The standard InChI is InChI=1S/C17H24N6O3S/c1-11(2)14-19-20-16(26-14)22-7-8-23-12(10-22)13(9-18-23)27(4,25)21-15(24)17(3)5-6-17/h9,11H,5-8,10H2,1-4H3. The van der Waals surface area contributed by atoms with Crippen molar-refractivity contribution in [1.29, 1.82) is 0 Å². The molecule has 0 saturated heterocycles. The lowest BCUT2D eigenvalue weighted by Gasteiger charge is -2.26. The number of anilines is 1. The summed E-state index contributed by atoms with van der Waals surface area (Å²) in [6, 6.07) is 0.443. The van der Waals surface area contributed by atoms with Gasteiger partial charge in [0.1, 0.15) is 0 Å². The van der Waals surface area contributed by atoms with Crippen molar-refractivity contribution in [3.8, 4) is 0 Å². The van der Waals surface area contributed by atoms with E-state index in [1.54, 1.807) is 6.20 Å². The number of rotatable bonds is 4. The van der Waals surface area contributed by atoms with Crippen molar-refractivity contribution in [2.45, 2.75) is 57.5 Å². The van der Waals surface area contributed by atoms with Gasteiger partial charge in [0.15, 0.2) is 0 Å². The van der Waals surface area contributed by atoms with E-state index in [4.69, 9.17) is 4.42 Å². The molecule has 9 nitrogen and oxygen atoms in total. The highest BCUT2D eigenvalue weighted by molar-refractivity contribution is 7.93. The maximum atomic E-state index is 13.2. The minimum Gasteiger partial charge on any atom is -0.408 e. The Morgan fingerprint density at radius 1 is 1.33 bits per heavy atom. The van der Waals surface area contributed by atoms with Crippen molar-refractivity contribution in [3.05, 3.63) is 17.8 Å². The minimum atomic E-state index is -2.87. The van der Waals surface area contributed by atoms with Crippen LogP contribution in [0.1, 0.15) is 51.1 Å². The molecule has 1 aliphatic heterocycles. The highest BCUT2D eigenvalue weighted by atomic mass is 32.2. The number of carbonyl (C=O) groups is 1. The Kier molecular flexibility index (Phi) is 4.13. The Morgan fingerprint density at radius 3 is 2.70 bits per heavy atom. The highest BCUT2D eigenvalue weighted by Crippen LogP contribution is 2.46. The Morgan fingerprint density at radius 2 is 2.07 bits per heavy atom. The summed E-state index contributed by atoms with van der Waals surface area (Å²) in [4.78, 5) is 14.8. The first kappa shape index (κ1) is 18.1. The van der Waals surface area contributed by atoms with E-state index in [1.165, 1.54) is 6.26 Å². The van der Waals surface area contributed by atoms with E-state index in [0.29, 0.717) is 36.4 Å². The predicted octanol–water partition coefficient (Wildman–Crippen LogP) is 2.19. The Balaban J connectivity index is 1.64. The van der Waals surface area contributed by atoms with Crippen LogP contribution in [-0.4, -0.2) is 42.9 Å². The zero-order chi connectivity index (χ0) is 19.4. The molecule has 0 radical (unpaired) electrons. The maximum Gasteiger partial charge on any atom is 0.318 e. The fraction of sp³-hybridized carbons (Fsp3) is 0.647. The van der Waals surface area contributed by atoms with E-state index in [2.05, 4.69) is 19.7 Å². The van der Waals surface area contributed by atoms with Crippen LogP contribution < -0.4 is 4.90 Å². The summed E-state index contributed by atoms with van der Waals surface area (Å²) < 4.78 is 24.9. The summed E-state index contributed by atoms with van der Waals surface area (Å²) in [6.45, 7) is 7.55. The van der Waals surface area contributed by atoms with Crippen LogP contribution in [0.25, 0.3) is 0 Å². The largest absolute Gasteiger partial charge is 0.408 e. The normalized spacial score (nSPS) is 20.3. The molecule has 0 N–H and O–H groups in total. The molecule has 1 saturated carbocycles. The molecular formula is C17H24N6O3S. The van der Waals surface area contributed by atoms with E-state index in [-0.39, 0.29) is 11.8 Å². The molecule has 27 heavy (non-hydrogen) atoms. The van der Waals surface area contributed by atoms with Crippen LogP contribution in [-0.2, 0) is 27.6 Å². The van der Waals surface area contributed by atoms with Gasteiger partial charge in [-0.2, -0.15) is 9.46 Å². The van der Waals surface area contributed by atoms with E-state index in [9.17, 15) is 9.00 Å². The predicted molar refractivity (Wildman–Crippen MR) is 98.8 cm³/mol. The third kappa shape index (κ3) is 3.26. The summed E-state index contributed by atoms with van der Waals surface area (Å²) >= 11 is 0. The van der Waals surface area contributed by atoms with Crippen molar-refractivity contribution in [2.75, 3.05) is 17.7 Å². The van der Waals surface area contributed by atoms with Gasteiger partial charge < -0.3 is 9.32 Å². The molecule has 1 amide bonds. The van der Waals surface area contributed by atoms with Crippen LogP contribution >= 0.6 is 0 Å². The second-order valence-corrected chi connectivity index (χ2v) is 10.2. The second-order valence-electron chi connectivity index (χ2n) is 7.94. The van der Waals surface area contributed by atoms with Crippen LogP contribution in [0.15, 0.2) is 19.9 Å². The van der Waals surface area contributed by atoms with Gasteiger partial charge in [0.25, 0.3) is 5.91 Å². The van der Waals surface area contributed by atoms with Gasteiger partial charge in [-0.1, -0.05) is 25.9 Å². The van der Waals surface area contributed by atoms with E-state index < -0.39 is 15.1 Å². The van der Waals surface area contributed by atoms with Gasteiger partial charge in [-0.3, -0.25) is 9.48 Å². The molecule has 2 aromatic heterocycles. The quantitative estimate of drug-likeness (QED) is 0.785. The first-order valence-electron chi connectivity index (χ1n) is 9.09. The lowest BCUT2D eigenvalue weighted by atomic mass is 10.1.